The van der Waals surface area contributed by atoms with E-state index in [-0.39, 0.29) is 0 Å². The number of hydrogen-bond donors (Lipinski definition) is 0. The summed E-state index contributed by atoms with van der Waals surface area (Å²) in [6.07, 6.45) is 6.17. The Balaban J connectivity index is 1.68. The number of fused-ring (bicyclic) bond motifs is 1. The fourth-order valence-corrected chi connectivity index (χ4v) is 3.16. The minimum absolute atomic E-state index is 0.972. The maximum atomic E-state index is 3.42. The number of rotatable bonds is 5. The van der Waals surface area contributed by atoms with Crippen molar-refractivity contribution in [3.8, 4) is 11.8 Å². The van der Waals surface area contributed by atoms with E-state index in [1.807, 2.05) is 0 Å². The molecule has 3 rings (SSSR count). The van der Waals surface area contributed by atoms with E-state index in [9.17, 15) is 0 Å². The molecule has 0 radical (unpaired) electrons. The summed E-state index contributed by atoms with van der Waals surface area (Å²) in [5.74, 6) is 6.79. The molecule has 0 bridgehead atoms. The highest BCUT2D eigenvalue weighted by Gasteiger charge is 2.20. The van der Waals surface area contributed by atoms with Crippen LogP contribution in [0.3, 0.4) is 0 Å². The number of unbranched alkanes of at least 4 members (excludes halogenated alkanes) is 4. The molecule has 0 spiro atoms. The first-order valence-electron chi connectivity index (χ1n) is 8.78. The molecule has 0 saturated heterocycles. The summed E-state index contributed by atoms with van der Waals surface area (Å²) in [6, 6.07) is 17.2. The Labute approximate surface area is 140 Å². The van der Waals surface area contributed by atoms with E-state index in [0.717, 1.165) is 19.5 Å². The first-order chi connectivity index (χ1) is 11.4. The van der Waals surface area contributed by atoms with E-state index >= 15 is 0 Å². The molecule has 2 aromatic carbocycles. The van der Waals surface area contributed by atoms with Crippen molar-refractivity contribution < 1.29 is 0 Å². The highest BCUT2D eigenvalue weighted by molar-refractivity contribution is 5.56. The molecule has 1 nitrogen and oxygen atoms in total. The zero-order valence-corrected chi connectivity index (χ0v) is 14.0. The summed E-state index contributed by atoms with van der Waals surface area (Å²) in [5.41, 5.74) is 5.35. The third-order valence-electron chi connectivity index (χ3n) is 4.48. The van der Waals surface area contributed by atoms with Crippen molar-refractivity contribution in [2.45, 2.75) is 52.1 Å². The van der Waals surface area contributed by atoms with E-state index in [0.29, 0.717) is 0 Å². The van der Waals surface area contributed by atoms with Gasteiger partial charge in [0.05, 0.1) is 0 Å². The number of para-hydroxylation sites is 1. The van der Waals surface area contributed by atoms with Gasteiger partial charge in [-0.3, -0.25) is 0 Å². The number of nitrogens with zero attached hydrogens (tertiary/aromatic N) is 1. The maximum absolute atomic E-state index is 3.42. The Morgan fingerprint density at radius 1 is 0.913 bits per heavy atom. The first-order valence-corrected chi connectivity index (χ1v) is 8.78. The van der Waals surface area contributed by atoms with Crippen LogP contribution < -0.4 is 4.90 Å². The lowest BCUT2D eigenvalue weighted by atomic mass is 10.0. The second-order valence-electron chi connectivity index (χ2n) is 6.25. The van der Waals surface area contributed by atoms with Crippen molar-refractivity contribution in [3.63, 3.8) is 0 Å². The standard InChI is InChI=1S/C22H25N/c1-2-3-4-5-6-8-12-19-13-11-14-20-17-23(18-22(19)20)21-15-9-7-10-16-21/h7,9-11,13-16H,2-6,17-18H2,1H3. The van der Waals surface area contributed by atoms with Gasteiger partial charge in [-0.25, -0.2) is 0 Å². The van der Waals surface area contributed by atoms with E-state index in [2.05, 4.69) is 72.2 Å². The van der Waals surface area contributed by atoms with Crippen molar-refractivity contribution >= 4 is 5.69 Å². The summed E-state index contributed by atoms with van der Waals surface area (Å²) in [7, 11) is 0. The lowest BCUT2D eigenvalue weighted by molar-refractivity contribution is 0.679. The summed E-state index contributed by atoms with van der Waals surface area (Å²) in [4.78, 5) is 2.43. The van der Waals surface area contributed by atoms with Crippen LogP contribution in [0.5, 0.6) is 0 Å². The molecule has 23 heavy (non-hydrogen) atoms. The average Bonchev–Trinajstić information content (AvgIpc) is 3.04. The van der Waals surface area contributed by atoms with Gasteiger partial charge in [-0.05, 0) is 35.7 Å². The predicted molar refractivity (Wildman–Crippen MR) is 98.4 cm³/mol. The van der Waals surface area contributed by atoms with Crippen LogP contribution in [0.4, 0.5) is 5.69 Å². The van der Waals surface area contributed by atoms with Gasteiger partial charge in [0, 0.05) is 30.8 Å². The monoisotopic (exact) mass is 303 g/mol. The highest BCUT2D eigenvalue weighted by Crippen LogP contribution is 2.29. The number of anilines is 1. The number of hydrogen-bond acceptors (Lipinski definition) is 1. The van der Waals surface area contributed by atoms with Crippen LogP contribution in [0.2, 0.25) is 0 Å². The summed E-state index contributed by atoms with van der Waals surface area (Å²) < 4.78 is 0. The van der Waals surface area contributed by atoms with Crippen LogP contribution in [0.1, 0.15) is 55.7 Å². The lowest BCUT2D eigenvalue weighted by Gasteiger charge is -2.17. The van der Waals surface area contributed by atoms with Crippen LogP contribution in [0.15, 0.2) is 48.5 Å². The molecule has 0 saturated carbocycles. The Morgan fingerprint density at radius 3 is 2.61 bits per heavy atom. The summed E-state index contributed by atoms with van der Waals surface area (Å²) in [6.45, 7) is 4.21. The first kappa shape index (κ1) is 15.7. The zero-order chi connectivity index (χ0) is 15.9. The van der Waals surface area contributed by atoms with Crippen LogP contribution in [0, 0.1) is 11.8 Å². The molecule has 1 heterocycles. The van der Waals surface area contributed by atoms with Gasteiger partial charge < -0.3 is 4.90 Å². The van der Waals surface area contributed by atoms with Crippen LogP contribution >= 0.6 is 0 Å². The van der Waals surface area contributed by atoms with Gasteiger partial charge in [0.15, 0.2) is 0 Å². The molecule has 1 aliphatic rings. The SMILES string of the molecule is CCCCCCC#Cc1cccc2c1CN(c1ccccc1)C2. The summed E-state index contributed by atoms with van der Waals surface area (Å²) in [5, 5.41) is 0. The second kappa shape index (κ2) is 7.88. The molecule has 0 unspecified atom stereocenters. The van der Waals surface area contributed by atoms with Gasteiger partial charge in [-0.1, -0.05) is 68.4 Å². The molecule has 0 aromatic heterocycles. The molecule has 2 aromatic rings. The van der Waals surface area contributed by atoms with Gasteiger partial charge >= 0.3 is 0 Å². The predicted octanol–water partition coefficient (Wildman–Crippen LogP) is 5.53. The van der Waals surface area contributed by atoms with E-state index in [1.54, 1.807) is 0 Å². The van der Waals surface area contributed by atoms with Crippen molar-refractivity contribution in [3.05, 3.63) is 65.2 Å². The topological polar surface area (TPSA) is 3.24 Å². The zero-order valence-electron chi connectivity index (χ0n) is 14.0. The van der Waals surface area contributed by atoms with Gasteiger partial charge in [0.25, 0.3) is 0 Å². The van der Waals surface area contributed by atoms with Crippen LogP contribution in [-0.2, 0) is 13.1 Å². The smallest absolute Gasteiger partial charge is 0.0449 e. The minimum Gasteiger partial charge on any atom is -0.363 e. The Hall–Kier alpha value is -2.20. The summed E-state index contributed by atoms with van der Waals surface area (Å²) >= 11 is 0. The van der Waals surface area contributed by atoms with Gasteiger partial charge in [-0.15, -0.1) is 0 Å². The van der Waals surface area contributed by atoms with Crippen LogP contribution in [-0.4, -0.2) is 0 Å². The molecule has 118 valence electrons. The number of benzene rings is 2. The maximum Gasteiger partial charge on any atom is 0.0449 e. The van der Waals surface area contributed by atoms with Crippen molar-refractivity contribution in [2.75, 3.05) is 4.90 Å². The Morgan fingerprint density at radius 2 is 1.78 bits per heavy atom. The fraction of sp³-hybridized carbons (Fsp3) is 0.364. The molecule has 0 aliphatic carbocycles. The molecule has 0 fully saturated rings. The van der Waals surface area contributed by atoms with Crippen molar-refractivity contribution in [1.82, 2.24) is 0 Å². The van der Waals surface area contributed by atoms with E-state index < -0.39 is 0 Å². The molecule has 0 N–H and O–H groups in total. The third kappa shape index (κ3) is 3.96. The molecular formula is C22H25N. The Bertz CT molecular complexity index is 691. The molecule has 0 atom stereocenters. The Kier molecular flexibility index (Phi) is 5.37. The quantitative estimate of drug-likeness (QED) is 0.518. The minimum atomic E-state index is 0.972. The highest BCUT2D eigenvalue weighted by atomic mass is 15.1. The van der Waals surface area contributed by atoms with E-state index in [1.165, 1.54) is 48.1 Å². The van der Waals surface area contributed by atoms with Crippen molar-refractivity contribution in [1.29, 1.82) is 0 Å². The average molecular weight is 303 g/mol. The van der Waals surface area contributed by atoms with E-state index in [4.69, 9.17) is 0 Å². The normalized spacial score (nSPS) is 12.7. The third-order valence-corrected chi connectivity index (χ3v) is 4.48. The molecule has 1 heteroatoms. The van der Waals surface area contributed by atoms with Gasteiger partial charge in [-0.2, -0.15) is 0 Å². The molecule has 1 aliphatic heterocycles. The van der Waals surface area contributed by atoms with Crippen LogP contribution in [0.25, 0.3) is 0 Å². The fourth-order valence-electron chi connectivity index (χ4n) is 3.16. The molecule has 0 amide bonds. The molecular weight excluding hydrogens is 278 g/mol. The van der Waals surface area contributed by atoms with Crippen molar-refractivity contribution in [2.24, 2.45) is 0 Å². The van der Waals surface area contributed by atoms with Gasteiger partial charge in [0.2, 0.25) is 0 Å². The van der Waals surface area contributed by atoms with Gasteiger partial charge in [0.1, 0.15) is 0 Å². The second-order valence-corrected chi connectivity index (χ2v) is 6.25. The largest absolute Gasteiger partial charge is 0.363 e. The lowest BCUT2D eigenvalue weighted by Crippen LogP contribution is -2.14.